The summed E-state index contributed by atoms with van der Waals surface area (Å²) in [6.07, 6.45) is 0.0212. The quantitative estimate of drug-likeness (QED) is 0.600. The number of nitrogens with zero attached hydrogens (tertiary/aromatic N) is 3. The predicted molar refractivity (Wildman–Crippen MR) is 71.1 cm³/mol. The number of hydrogen-bond donors (Lipinski definition) is 1. The number of nitro groups is 1. The number of rotatable bonds is 4. The molecule has 1 aromatic heterocycles. The van der Waals surface area contributed by atoms with Gasteiger partial charge in [-0.15, -0.1) is 0 Å². The van der Waals surface area contributed by atoms with Gasteiger partial charge in [-0.3, -0.25) is 0 Å². The molecule has 21 heavy (non-hydrogen) atoms. The Bertz CT molecular complexity index is 617. The average Bonchev–Trinajstić information content (AvgIpc) is 2.46. The van der Waals surface area contributed by atoms with Crippen molar-refractivity contribution in [2.75, 3.05) is 19.7 Å². The third-order valence-corrected chi connectivity index (χ3v) is 4.86. The fraction of sp³-hybridized carbons (Fsp3) is 0.545. The molecule has 1 aliphatic rings. The standard InChI is InChI=1S/C11H15N3O6S/c1-8-5-13(6-9(7-15)20-8)21(18,19)10-2-3-11(12-4-10)14(16)17/h2-4,8-9,15H,5-7H2,1H3. The van der Waals surface area contributed by atoms with Crippen molar-refractivity contribution in [3.8, 4) is 0 Å². The minimum Gasteiger partial charge on any atom is -0.394 e. The van der Waals surface area contributed by atoms with E-state index in [1.54, 1.807) is 6.92 Å². The van der Waals surface area contributed by atoms with Gasteiger partial charge in [-0.05, 0) is 22.9 Å². The van der Waals surface area contributed by atoms with E-state index in [2.05, 4.69) is 4.98 Å². The van der Waals surface area contributed by atoms with E-state index in [0.29, 0.717) is 0 Å². The fourth-order valence-electron chi connectivity index (χ4n) is 2.08. The summed E-state index contributed by atoms with van der Waals surface area (Å²) >= 11 is 0. The molecule has 1 N–H and O–H groups in total. The van der Waals surface area contributed by atoms with Crippen LogP contribution >= 0.6 is 0 Å². The van der Waals surface area contributed by atoms with Crippen molar-refractivity contribution in [3.05, 3.63) is 28.4 Å². The molecule has 116 valence electrons. The van der Waals surface area contributed by atoms with Gasteiger partial charge in [0, 0.05) is 19.2 Å². The second kappa shape index (κ2) is 6.02. The number of aromatic nitrogens is 1. The molecule has 0 bridgehead atoms. The highest BCUT2D eigenvalue weighted by molar-refractivity contribution is 7.89. The summed E-state index contributed by atoms with van der Waals surface area (Å²) in [7, 11) is -3.82. The van der Waals surface area contributed by atoms with Crippen LogP contribution in [0.1, 0.15) is 6.92 Å². The first-order valence-electron chi connectivity index (χ1n) is 6.21. The number of hydrogen-bond acceptors (Lipinski definition) is 7. The van der Waals surface area contributed by atoms with Crippen LogP contribution in [-0.2, 0) is 14.8 Å². The van der Waals surface area contributed by atoms with Gasteiger partial charge >= 0.3 is 5.82 Å². The first-order valence-corrected chi connectivity index (χ1v) is 7.65. The summed E-state index contributed by atoms with van der Waals surface area (Å²) in [5.41, 5.74) is 0. The molecule has 1 aliphatic heterocycles. The van der Waals surface area contributed by atoms with Crippen LogP contribution in [0.5, 0.6) is 0 Å². The van der Waals surface area contributed by atoms with Crippen LogP contribution in [0.3, 0.4) is 0 Å². The summed E-state index contributed by atoms with van der Waals surface area (Å²) in [5, 5.41) is 19.7. The van der Waals surface area contributed by atoms with Crippen LogP contribution in [-0.4, -0.2) is 59.6 Å². The zero-order chi connectivity index (χ0) is 15.6. The van der Waals surface area contributed by atoms with E-state index in [-0.39, 0.29) is 30.7 Å². The van der Waals surface area contributed by atoms with Gasteiger partial charge in [-0.2, -0.15) is 4.31 Å². The fourth-order valence-corrected chi connectivity index (χ4v) is 3.57. The molecule has 10 heteroatoms. The maximum absolute atomic E-state index is 12.5. The molecule has 0 spiro atoms. The molecule has 0 saturated carbocycles. The summed E-state index contributed by atoms with van der Waals surface area (Å²) in [6.45, 7) is 1.60. The topological polar surface area (TPSA) is 123 Å². The van der Waals surface area contributed by atoms with Gasteiger partial charge in [-0.25, -0.2) is 8.42 Å². The van der Waals surface area contributed by atoms with Crippen molar-refractivity contribution in [2.24, 2.45) is 0 Å². The minimum atomic E-state index is -3.82. The van der Waals surface area contributed by atoms with E-state index in [4.69, 9.17) is 9.84 Å². The lowest BCUT2D eigenvalue weighted by Gasteiger charge is -2.34. The number of morpholine rings is 1. The van der Waals surface area contributed by atoms with Gasteiger partial charge in [0.1, 0.15) is 4.90 Å². The van der Waals surface area contributed by atoms with Crippen molar-refractivity contribution >= 4 is 15.8 Å². The lowest BCUT2D eigenvalue weighted by Crippen LogP contribution is -2.50. The number of sulfonamides is 1. The summed E-state index contributed by atoms with van der Waals surface area (Å²) in [4.78, 5) is 13.2. The van der Waals surface area contributed by atoms with E-state index >= 15 is 0 Å². The normalized spacial score (nSPS) is 23.9. The van der Waals surface area contributed by atoms with Crippen LogP contribution in [0, 0.1) is 10.1 Å². The molecule has 1 fully saturated rings. The molecule has 1 saturated heterocycles. The molecule has 0 amide bonds. The molecule has 2 rings (SSSR count). The van der Waals surface area contributed by atoms with E-state index in [1.165, 1.54) is 4.31 Å². The van der Waals surface area contributed by atoms with Crippen LogP contribution < -0.4 is 0 Å². The Hall–Kier alpha value is -1.62. The third kappa shape index (κ3) is 3.35. The Balaban J connectivity index is 2.26. The SMILES string of the molecule is CC1CN(S(=O)(=O)c2ccc([N+](=O)[O-])nc2)CC(CO)O1. The van der Waals surface area contributed by atoms with Gasteiger partial charge in [0.2, 0.25) is 10.0 Å². The van der Waals surface area contributed by atoms with Crippen molar-refractivity contribution < 1.29 is 23.2 Å². The van der Waals surface area contributed by atoms with Gasteiger partial charge < -0.3 is 20.0 Å². The molecule has 0 radical (unpaired) electrons. The van der Waals surface area contributed by atoms with E-state index in [0.717, 1.165) is 18.3 Å². The third-order valence-electron chi connectivity index (χ3n) is 3.04. The molecule has 2 unspecified atom stereocenters. The number of aliphatic hydroxyl groups excluding tert-OH is 1. The highest BCUT2D eigenvalue weighted by Gasteiger charge is 2.34. The monoisotopic (exact) mass is 317 g/mol. The molecular formula is C11H15N3O6S. The zero-order valence-corrected chi connectivity index (χ0v) is 12.1. The maximum Gasteiger partial charge on any atom is 0.363 e. The van der Waals surface area contributed by atoms with E-state index in [1.807, 2.05) is 0 Å². The van der Waals surface area contributed by atoms with Crippen LogP contribution in [0.25, 0.3) is 0 Å². The number of pyridine rings is 1. The van der Waals surface area contributed by atoms with Crippen LogP contribution in [0.4, 0.5) is 5.82 Å². The Labute approximate surface area is 121 Å². The summed E-state index contributed by atoms with van der Waals surface area (Å²) in [6, 6.07) is 2.19. The molecule has 0 aliphatic carbocycles. The Kier molecular flexibility index (Phi) is 4.52. The Morgan fingerprint density at radius 1 is 1.52 bits per heavy atom. The molecule has 9 nitrogen and oxygen atoms in total. The summed E-state index contributed by atoms with van der Waals surface area (Å²) in [5.74, 6) is -0.419. The van der Waals surface area contributed by atoms with E-state index in [9.17, 15) is 18.5 Å². The molecule has 0 aromatic carbocycles. The highest BCUT2D eigenvalue weighted by Crippen LogP contribution is 2.21. The second-order valence-corrected chi connectivity index (χ2v) is 6.62. The number of ether oxygens (including phenoxy) is 1. The molecule has 2 heterocycles. The van der Waals surface area contributed by atoms with E-state index < -0.39 is 26.9 Å². The van der Waals surface area contributed by atoms with Gasteiger partial charge in [0.05, 0.1) is 18.8 Å². The Morgan fingerprint density at radius 2 is 2.24 bits per heavy atom. The molecular weight excluding hydrogens is 302 g/mol. The number of aliphatic hydroxyl groups is 1. The highest BCUT2D eigenvalue weighted by atomic mass is 32.2. The first kappa shape index (κ1) is 15.8. The Morgan fingerprint density at radius 3 is 2.76 bits per heavy atom. The van der Waals surface area contributed by atoms with Crippen molar-refractivity contribution in [3.63, 3.8) is 0 Å². The maximum atomic E-state index is 12.5. The lowest BCUT2D eigenvalue weighted by molar-refractivity contribution is -0.389. The molecule has 1 aromatic rings. The molecule has 2 atom stereocenters. The van der Waals surface area contributed by atoms with Gasteiger partial charge in [0.25, 0.3) is 0 Å². The first-order chi connectivity index (χ1) is 9.84. The summed E-state index contributed by atoms with van der Waals surface area (Å²) < 4.78 is 31.5. The van der Waals surface area contributed by atoms with Crippen LogP contribution in [0.2, 0.25) is 0 Å². The largest absolute Gasteiger partial charge is 0.394 e. The smallest absolute Gasteiger partial charge is 0.363 e. The van der Waals surface area contributed by atoms with Crippen molar-refractivity contribution in [1.82, 2.24) is 9.29 Å². The van der Waals surface area contributed by atoms with Crippen LogP contribution in [0.15, 0.2) is 23.2 Å². The lowest BCUT2D eigenvalue weighted by atomic mass is 10.2. The van der Waals surface area contributed by atoms with Crippen molar-refractivity contribution in [1.29, 1.82) is 0 Å². The average molecular weight is 317 g/mol. The van der Waals surface area contributed by atoms with Gasteiger partial charge in [-0.1, -0.05) is 0 Å². The van der Waals surface area contributed by atoms with Crippen molar-refractivity contribution in [2.45, 2.75) is 24.0 Å². The zero-order valence-electron chi connectivity index (χ0n) is 11.2. The predicted octanol–water partition coefficient (Wildman–Crippen LogP) is -0.240. The second-order valence-electron chi connectivity index (χ2n) is 4.68. The minimum absolute atomic E-state index is 0.0279. The van der Waals surface area contributed by atoms with Gasteiger partial charge in [0.15, 0.2) is 6.20 Å².